The van der Waals surface area contributed by atoms with Crippen molar-refractivity contribution in [2.45, 2.75) is 26.8 Å². The zero-order valence-corrected chi connectivity index (χ0v) is 15.2. The summed E-state index contributed by atoms with van der Waals surface area (Å²) in [5, 5.41) is 13.5. The van der Waals surface area contributed by atoms with Crippen LogP contribution in [0.5, 0.6) is 0 Å². The number of hydrogen-bond donors (Lipinski definition) is 0. The quantitative estimate of drug-likeness (QED) is 0.715. The Kier molecular flexibility index (Phi) is 3.92. The third kappa shape index (κ3) is 2.82. The van der Waals surface area contributed by atoms with Crippen molar-refractivity contribution in [1.29, 1.82) is 5.26 Å². The first-order chi connectivity index (χ1) is 12.5. The second-order valence-corrected chi connectivity index (χ2v) is 6.78. The first-order valence-corrected chi connectivity index (χ1v) is 8.65. The van der Waals surface area contributed by atoms with Gasteiger partial charge < -0.3 is 4.90 Å². The summed E-state index contributed by atoms with van der Waals surface area (Å²) in [7, 11) is 1.93. The second-order valence-electron chi connectivity index (χ2n) is 6.78. The molecule has 0 amide bonds. The summed E-state index contributed by atoms with van der Waals surface area (Å²) < 4.78 is 1.83. The number of pyridine rings is 2. The van der Waals surface area contributed by atoms with E-state index in [0.717, 1.165) is 53.4 Å². The van der Waals surface area contributed by atoms with E-state index < -0.39 is 0 Å². The van der Waals surface area contributed by atoms with Crippen molar-refractivity contribution < 1.29 is 0 Å². The lowest BCUT2D eigenvalue weighted by Crippen LogP contribution is -2.32. The molecule has 1 aliphatic heterocycles. The van der Waals surface area contributed by atoms with E-state index in [1.807, 2.05) is 44.0 Å². The molecule has 0 saturated carbocycles. The number of anilines is 1. The van der Waals surface area contributed by atoms with Crippen LogP contribution < -0.4 is 4.90 Å². The number of aromatic nitrogens is 4. The minimum absolute atomic E-state index is 0.597. The third-order valence-corrected chi connectivity index (χ3v) is 4.84. The molecule has 0 saturated heterocycles. The van der Waals surface area contributed by atoms with Gasteiger partial charge in [-0.15, -0.1) is 0 Å². The first kappa shape index (κ1) is 16.3. The monoisotopic (exact) mass is 344 g/mol. The molecular weight excluding hydrogens is 324 g/mol. The first-order valence-electron chi connectivity index (χ1n) is 8.65. The highest BCUT2D eigenvalue weighted by Crippen LogP contribution is 2.29. The van der Waals surface area contributed by atoms with E-state index in [4.69, 9.17) is 10.2 Å². The van der Waals surface area contributed by atoms with Gasteiger partial charge in [0.15, 0.2) is 0 Å². The molecule has 4 rings (SSSR count). The van der Waals surface area contributed by atoms with Crippen LogP contribution in [0.3, 0.4) is 0 Å². The van der Waals surface area contributed by atoms with Crippen molar-refractivity contribution in [3.63, 3.8) is 0 Å². The van der Waals surface area contributed by atoms with Crippen LogP contribution in [0.2, 0.25) is 0 Å². The summed E-state index contributed by atoms with van der Waals surface area (Å²) in [4.78, 5) is 11.5. The molecule has 3 aromatic rings. The van der Waals surface area contributed by atoms with E-state index in [1.54, 1.807) is 6.20 Å². The summed E-state index contributed by atoms with van der Waals surface area (Å²) in [5.74, 6) is 0.942. The molecule has 1 aliphatic rings. The third-order valence-electron chi connectivity index (χ3n) is 4.84. The lowest BCUT2D eigenvalue weighted by molar-refractivity contribution is 0.701. The molecule has 0 bridgehead atoms. The number of nitriles is 1. The molecular formula is C20H20N6. The van der Waals surface area contributed by atoms with Gasteiger partial charge in [-0.25, -0.2) is 4.98 Å². The zero-order valence-electron chi connectivity index (χ0n) is 15.2. The van der Waals surface area contributed by atoms with Gasteiger partial charge in [-0.3, -0.25) is 9.67 Å². The Hall–Kier alpha value is -3.20. The molecule has 0 atom stereocenters. The van der Waals surface area contributed by atoms with E-state index in [0.29, 0.717) is 5.56 Å². The molecule has 0 radical (unpaired) electrons. The van der Waals surface area contributed by atoms with Crippen molar-refractivity contribution in [1.82, 2.24) is 19.7 Å². The van der Waals surface area contributed by atoms with Gasteiger partial charge in [0.1, 0.15) is 11.9 Å². The van der Waals surface area contributed by atoms with Gasteiger partial charge in [0, 0.05) is 62.0 Å². The highest BCUT2D eigenvalue weighted by Gasteiger charge is 2.21. The molecule has 6 heteroatoms. The van der Waals surface area contributed by atoms with E-state index in [1.165, 1.54) is 5.56 Å². The van der Waals surface area contributed by atoms with Crippen LogP contribution in [0.1, 0.15) is 28.1 Å². The molecule has 0 unspecified atom stereocenters. The lowest BCUT2D eigenvalue weighted by atomic mass is 10.0. The van der Waals surface area contributed by atoms with E-state index >= 15 is 0 Å². The molecule has 0 aromatic carbocycles. The number of nitrogens with zero attached hydrogens (tertiary/aromatic N) is 6. The average molecular weight is 344 g/mol. The van der Waals surface area contributed by atoms with Gasteiger partial charge in [0.25, 0.3) is 0 Å². The smallest absolute Gasteiger partial charge is 0.131 e. The summed E-state index contributed by atoms with van der Waals surface area (Å²) in [6.07, 6.45) is 6.52. The van der Waals surface area contributed by atoms with E-state index in [-0.39, 0.29) is 0 Å². The van der Waals surface area contributed by atoms with Crippen LogP contribution in [0.25, 0.3) is 11.1 Å². The summed E-state index contributed by atoms with van der Waals surface area (Å²) in [6, 6.07) is 6.26. The van der Waals surface area contributed by atoms with Gasteiger partial charge in [-0.05, 0) is 37.1 Å². The standard InChI is InChI=1S/C20H20N6/c1-13-6-15(8-21)9-23-20(13)26-5-4-19-17(11-26)7-16(10-22-19)18-12-25(3)24-14(18)2/h6-7,9-10,12H,4-5,11H2,1-3H3. The maximum absolute atomic E-state index is 9.04. The zero-order chi connectivity index (χ0) is 18.3. The topological polar surface area (TPSA) is 70.6 Å². The lowest BCUT2D eigenvalue weighted by Gasteiger charge is -2.30. The van der Waals surface area contributed by atoms with Crippen LogP contribution in [0.4, 0.5) is 5.82 Å². The number of hydrogen-bond acceptors (Lipinski definition) is 5. The summed E-state index contributed by atoms with van der Waals surface area (Å²) >= 11 is 0. The van der Waals surface area contributed by atoms with E-state index in [2.05, 4.69) is 27.1 Å². The fourth-order valence-corrected chi connectivity index (χ4v) is 3.60. The van der Waals surface area contributed by atoms with Crippen LogP contribution >= 0.6 is 0 Å². The molecule has 0 fully saturated rings. The SMILES string of the molecule is Cc1cc(C#N)cnc1N1CCc2ncc(-c3cn(C)nc3C)cc2C1. The Bertz CT molecular complexity index is 1030. The summed E-state index contributed by atoms with van der Waals surface area (Å²) in [5.41, 5.74) is 7.22. The number of rotatable bonds is 2. The minimum Gasteiger partial charge on any atom is -0.352 e. The van der Waals surface area contributed by atoms with Crippen LogP contribution in [-0.2, 0) is 20.0 Å². The van der Waals surface area contributed by atoms with Gasteiger partial charge in [0.05, 0.1) is 11.3 Å². The van der Waals surface area contributed by atoms with Gasteiger partial charge in [0.2, 0.25) is 0 Å². The van der Waals surface area contributed by atoms with Crippen molar-refractivity contribution in [2.24, 2.45) is 7.05 Å². The van der Waals surface area contributed by atoms with Crippen LogP contribution in [0.15, 0.2) is 30.7 Å². The minimum atomic E-state index is 0.597. The van der Waals surface area contributed by atoms with Crippen molar-refractivity contribution in [2.75, 3.05) is 11.4 Å². The Morgan fingerprint density at radius 2 is 2.00 bits per heavy atom. The number of fused-ring (bicyclic) bond motifs is 1. The Balaban J connectivity index is 1.67. The fourth-order valence-electron chi connectivity index (χ4n) is 3.60. The van der Waals surface area contributed by atoms with Gasteiger partial charge in [-0.1, -0.05) is 0 Å². The Morgan fingerprint density at radius 3 is 2.69 bits per heavy atom. The predicted octanol–water partition coefficient (Wildman–Crippen LogP) is 2.93. The van der Waals surface area contributed by atoms with Crippen molar-refractivity contribution in [3.05, 3.63) is 58.8 Å². The largest absolute Gasteiger partial charge is 0.352 e. The molecule has 3 aromatic heterocycles. The van der Waals surface area contributed by atoms with Gasteiger partial charge >= 0.3 is 0 Å². The predicted molar refractivity (Wildman–Crippen MR) is 99.6 cm³/mol. The van der Waals surface area contributed by atoms with Crippen molar-refractivity contribution in [3.8, 4) is 17.2 Å². The molecule has 4 heterocycles. The molecule has 26 heavy (non-hydrogen) atoms. The number of aryl methyl sites for hydroxylation is 3. The highest BCUT2D eigenvalue weighted by atomic mass is 15.2. The molecule has 6 nitrogen and oxygen atoms in total. The summed E-state index contributed by atoms with van der Waals surface area (Å²) in [6.45, 7) is 5.68. The molecule has 0 N–H and O–H groups in total. The maximum Gasteiger partial charge on any atom is 0.131 e. The molecule has 0 aliphatic carbocycles. The highest BCUT2D eigenvalue weighted by molar-refractivity contribution is 5.65. The molecule has 130 valence electrons. The van der Waals surface area contributed by atoms with Crippen molar-refractivity contribution >= 4 is 5.82 Å². The normalized spacial score (nSPS) is 13.4. The van der Waals surface area contributed by atoms with Crippen LogP contribution in [0, 0.1) is 25.2 Å². The Labute approximate surface area is 152 Å². The average Bonchev–Trinajstić information content (AvgIpc) is 2.99. The van der Waals surface area contributed by atoms with E-state index in [9.17, 15) is 0 Å². The van der Waals surface area contributed by atoms with Crippen LogP contribution in [-0.4, -0.2) is 26.3 Å². The molecule has 0 spiro atoms. The Morgan fingerprint density at radius 1 is 1.15 bits per heavy atom. The second kappa shape index (κ2) is 6.26. The van der Waals surface area contributed by atoms with Gasteiger partial charge in [-0.2, -0.15) is 10.4 Å². The maximum atomic E-state index is 9.04. The fraction of sp³-hybridized carbons (Fsp3) is 0.300.